The largest absolute Gasteiger partial charge is 0.309 e. The Morgan fingerprint density at radius 2 is 0.514 bits per heavy atom. The second kappa shape index (κ2) is 28.8. The van der Waals surface area contributed by atoms with Crippen LogP contribution in [0, 0.1) is 0 Å². The van der Waals surface area contributed by atoms with Gasteiger partial charge in [0, 0.05) is 33.4 Å². The van der Waals surface area contributed by atoms with Crippen LogP contribution in [-0.4, -0.2) is 29.5 Å². The van der Waals surface area contributed by atoms with Crippen molar-refractivity contribution in [2.75, 3.05) is 4.90 Å². The Balaban J connectivity index is 0.706. The van der Waals surface area contributed by atoms with Crippen LogP contribution >= 0.6 is 11.7 Å². The summed E-state index contributed by atoms with van der Waals surface area (Å²) in [5, 5.41) is 13.2. The van der Waals surface area contributed by atoms with Crippen molar-refractivity contribution in [3.63, 3.8) is 0 Å². The van der Waals surface area contributed by atoms with E-state index in [0.29, 0.717) is 0 Å². The molecule has 0 spiro atoms. The van der Waals surface area contributed by atoms with Gasteiger partial charge in [-0.15, -0.1) is 0 Å². The van der Waals surface area contributed by atoms with Crippen molar-refractivity contribution in [3.8, 4) is 72.4 Å². The molecule has 514 valence electrons. The number of rotatable bonds is 18. The lowest BCUT2D eigenvalue weighted by atomic mass is 9.93. The van der Waals surface area contributed by atoms with Gasteiger partial charge in [-0.05, 0) is 194 Å². The monoisotopic (exact) mass is 1440 g/mol. The number of benzene rings is 17. The first kappa shape index (κ1) is 66.3. The SMILES string of the molecule is c1ccc(-c2cc(-c3ccccc3)cc(-c3ccc(N(c4ccccc4)c4ccc(-c5ccc(-n6c7ccc(-c8ccc([Si](c9ccccc9)(c9ccccc9)c9ccccc9)cc8)cc7c7cc(-c8ccc([Si](c9ccccc9)(c9ccccc9)c9ccccc9)cc8)ccc76)cc5)c5nsnc45)cc3)c2)cc1. The third kappa shape index (κ3) is 12.0. The van der Waals surface area contributed by atoms with Crippen molar-refractivity contribution in [2.45, 2.75) is 0 Å². The van der Waals surface area contributed by atoms with Crippen LogP contribution in [0.5, 0.6) is 0 Å². The van der Waals surface area contributed by atoms with Crippen molar-refractivity contribution < 1.29 is 0 Å². The molecule has 17 aromatic carbocycles. The first-order chi connectivity index (χ1) is 54.0. The number of hydrogen-bond acceptors (Lipinski definition) is 4. The van der Waals surface area contributed by atoms with E-state index in [2.05, 4.69) is 446 Å². The summed E-state index contributed by atoms with van der Waals surface area (Å²) in [6.07, 6.45) is 0. The predicted octanol–water partition coefficient (Wildman–Crippen LogP) is 21.0. The Kier molecular flexibility index (Phi) is 17.5. The van der Waals surface area contributed by atoms with E-state index in [1.54, 1.807) is 0 Å². The minimum atomic E-state index is -2.75. The lowest BCUT2D eigenvalue weighted by Gasteiger charge is -2.34. The highest BCUT2D eigenvalue weighted by atomic mass is 32.1. The fourth-order valence-electron chi connectivity index (χ4n) is 16.9. The van der Waals surface area contributed by atoms with E-state index < -0.39 is 16.1 Å². The minimum absolute atomic E-state index is 0.843. The molecule has 0 bridgehead atoms. The molecule has 0 aliphatic rings. The molecule has 0 atom stereocenters. The third-order valence-corrected chi connectivity index (χ3v) is 32.1. The van der Waals surface area contributed by atoms with Gasteiger partial charge in [0.2, 0.25) is 0 Å². The maximum Gasteiger partial charge on any atom is 0.179 e. The van der Waals surface area contributed by atoms with Crippen molar-refractivity contribution in [3.05, 3.63) is 437 Å². The van der Waals surface area contributed by atoms with Crippen molar-refractivity contribution in [1.29, 1.82) is 0 Å². The number of para-hydroxylation sites is 1. The molecular formula is C102H72N4SSi2. The van der Waals surface area contributed by atoms with E-state index in [1.807, 2.05) is 0 Å². The molecule has 2 aromatic heterocycles. The number of nitrogens with zero attached hydrogens (tertiary/aromatic N) is 4. The summed E-state index contributed by atoms with van der Waals surface area (Å²) in [4.78, 5) is 2.31. The average molecular weight is 1440 g/mol. The highest BCUT2D eigenvalue weighted by Gasteiger charge is 2.43. The molecule has 109 heavy (non-hydrogen) atoms. The number of fused-ring (bicyclic) bond motifs is 4. The Morgan fingerprint density at radius 1 is 0.220 bits per heavy atom. The van der Waals surface area contributed by atoms with Gasteiger partial charge in [0.1, 0.15) is 11.0 Å². The second-order valence-electron chi connectivity index (χ2n) is 28.0. The summed E-state index contributed by atoms with van der Waals surface area (Å²) >= 11 is 1.25. The van der Waals surface area contributed by atoms with Gasteiger partial charge in [-0.1, -0.05) is 346 Å². The summed E-state index contributed by atoms with van der Waals surface area (Å²) in [5.41, 5.74) is 21.8. The normalized spacial score (nSPS) is 11.7. The zero-order valence-electron chi connectivity index (χ0n) is 59.8. The molecule has 0 saturated carbocycles. The maximum atomic E-state index is 5.10. The molecular weight excluding hydrogens is 1370 g/mol. The average Bonchev–Trinajstić information content (AvgIpc) is 1.48. The molecule has 2 heterocycles. The molecule has 4 nitrogen and oxygen atoms in total. The fourth-order valence-corrected chi connectivity index (χ4v) is 26.9. The number of anilines is 3. The Hall–Kier alpha value is -13.4. The smallest absolute Gasteiger partial charge is 0.179 e. The van der Waals surface area contributed by atoms with Crippen molar-refractivity contribution in [2.24, 2.45) is 0 Å². The van der Waals surface area contributed by atoms with Crippen molar-refractivity contribution >= 4 is 119 Å². The van der Waals surface area contributed by atoms with Crippen LogP contribution in [0.15, 0.2) is 437 Å². The van der Waals surface area contributed by atoms with E-state index in [-0.39, 0.29) is 0 Å². The molecule has 0 aliphatic heterocycles. The van der Waals surface area contributed by atoms with Gasteiger partial charge in [0.05, 0.1) is 28.4 Å². The lowest BCUT2D eigenvalue weighted by molar-refractivity contribution is 1.18. The molecule has 0 fully saturated rings. The quantitative estimate of drug-likeness (QED) is 0.0634. The molecule has 0 amide bonds. The predicted molar refractivity (Wildman–Crippen MR) is 466 cm³/mol. The van der Waals surface area contributed by atoms with Crippen LogP contribution in [0.4, 0.5) is 17.1 Å². The van der Waals surface area contributed by atoms with Crippen LogP contribution in [0.25, 0.3) is 105 Å². The van der Waals surface area contributed by atoms with Gasteiger partial charge in [-0.3, -0.25) is 0 Å². The zero-order chi connectivity index (χ0) is 72.5. The highest BCUT2D eigenvalue weighted by molar-refractivity contribution is 7.20. The van der Waals surface area contributed by atoms with Gasteiger partial charge in [-0.25, -0.2) is 0 Å². The summed E-state index contributed by atoms with van der Waals surface area (Å²) < 4.78 is 12.6. The van der Waals surface area contributed by atoms with E-state index in [1.165, 1.54) is 97.4 Å². The van der Waals surface area contributed by atoms with Crippen LogP contribution in [0.1, 0.15) is 0 Å². The van der Waals surface area contributed by atoms with Gasteiger partial charge in [0.15, 0.2) is 16.1 Å². The van der Waals surface area contributed by atoms with Crippen molar-refractivity contribution in [1.82, 2.24) is 13.3 Å². The minimum Gasteiger partial charge on any atom is -0.309 e. The number of aromatic nitrogens is 3. The molecule has 7 heteroatoms. The van der Waals surface area contributed by atoms with E-state index in [9.17, 15) is 0 Å². The van der Waals surface area contributed by atoms with Crippen LogP contribution in [0.2, 0.25) is 0 Å². The summed E-state index contributed by atoms with van der Waals surface area (Å²) in [6.45, 7) is 0. The van der Waals surface area contributed by atoms with E-state index in [0.717, 1.165) is 78.2 Å². The first-order valence-electron chi connectivity index (χ1n) is 37.3. The van der Waals surface area contributed by atoms with Gasteiger partial charge < -0.3 is 9.47 Å². The molecule has 0 aliphatic carbocycles. The zero-order valence-corrected chi connectivity index (χ0v) is 62.6. The van der Waals surface area contributed by atoms with Gasteiger partial charge in [-0.2, -0.15) is 8.75 Å². The second-order valence-corrected chi connectivity index (χ2v) is 36.2. The summed E-state index contributed by atoms with van der Waals surface area (Å²) in [7, 11) is -5.50. The van der Waals surface area contributed by atoms with Crippen LogP contribution in [-0.2, 0) is 0 Å². The Labute approximate surface area is 642 Å². The van der Waals surface area contributed by atoms with Crippen LogP contribution in [0.3, 0.4) is 0 Å². The van der Waals surface area contributed by atoms with Gasteiger partial charge >= 0.3 is 0 Å². The molecule has 0 N–H and O–H groups in total. The molecule has 0 radical (unpaired) electrons. The Bertz CT molecular complexity index is 5910. The Morgan fingerprint density at radius 3 is 0.899 bits per heavy atom. The number of hydrogen-bond donors (Lipinski definition) is 0. The topological polar surface area (TPSA) is 34.0 Å². The molecule has 0 saturated heterocycles. The first-order valence-corrected chi connectivity index (χ1v) is 42.0. The lowest BCUT2D eigenvalue weighted by Crippen LogP contribution is -2.74. The van der Waals surface area contributed by atoms with Gasteiger partial charge in [0.25, 0.3) is 0 Å². The highest BCUT2D eigenvalue weighted by Crippen LogP contribution is 2.44. The molecule has 0 unspecified atom stereocenters. The standard InChI is InChI=1S/C102H72N4SSi2/c1-10-28-73(29-11-1)81-68-82(74-30-12-2-13-31-74)70-83(69-81)77-46-56-85(57-47-77)105(84-32-14-3-15-33-84)100-67-64-95(101-102(100)104-107-103-101)78-48-58-86(59-49-78)106-98-65-54-79(75-50-60-93(61-51-75)108(87-34-16-4-17-35-87,88-36-18-5-19-37-88)89-38-20-6-21-39-89)71-96(98)97-72-80(55-66-99(97)106)76-52-62-94(63-53-76)109(90-40-22-7-23-41-90,91-42-24-8-25-43-91)92-44-26-9-27-45-92/h1-72H. The van der Waals surface area contributed by atoms with Crippen LogP contribution < -0.4 is 46.4 Å². The maximum absolute atomic E-state index is 5.10. The molecule has 19 rings (SSSR count). The third-order valence-electron chi connectivity index (χ3n) is 22.0. The molecule has 19 aromatic rings. The fraction of sp³-hybridized carbons (Fsp3) is 0. The summed E-state index contributed by atoms with van der Waals surface area (Å²) in [6, 6.07) is 162. The summed E-state index contributed by atoms with van der Waals surface area (Å²) in [5.74, 6) is 0. The van der Waals surface area contributed by atoms with E-state index in [4.69, 9.17) is 8.75 Å². The van der Waals surface area contributed by atoms with E-state index >= 15 is 0 Å².